The number of rotatable bonds is 6. The molecule has 1 aromatic heterocycles. The Morgan fingerprint density at radius 2 is 1.82 bits per heavy atom. The third kappa shape index (κ3) is 3.68. The maximum absolute atomic E-state index is 13.8. The number of Topliss-reactive ketones (excluding diaryl/α,β-unsaturated/α-hetero) is 2. The molecule has 0 spiro atoms. The van der Waals surface area contributed by atoms with Crippen molar-refractivity contribution in [3.8, 4) is 28.6 Å². The summed E-state index contributed by atoms with van der Waals surface area (Å²) >= 11 is 0. The van der Waals surface area contributed by atoms with Gasteiger partial charge >= 0.3 is 0 Å². The second-order valence-electron chi connectivity index (χ2n) is 9.44. The molecule has 38 heavy (non-hydrogen) atoms. The number of hydrogen-bond donors (Lipinski definition) is 3. The van der Waals surface area contributed by atoms with Crippen LogP contribution < -0.4 is 10.1 Å². The third-order valence-corrected chi connectivity index (χ3v) is 6.99. The molecule has 1 atom stereocenters. The highest BCUT2D eigenvalue weighted by Crippen LogP contribution is 2.57. The lowest BCUT2D eigenvalue weighted by molar-refractivity contribution is -0.123. The highest BCUT2D eigenvalue weighted by Gasteiger charge is 2.56. The number of ketones is 3. The fourth-order valence-electron chi connectivity index (χ4n) is 4.87. The Balaban J connectivity index is 1.43. The highest BCUT2D eigenvalue weighted by molar-refractivity contribution is 6.31. The molecule has 2 heterocycles. The number of phenolic OH excluding ortho intramolecular Hbond substituents is 2. The minimum Gasteiger partial charge on any atom is -0.507 e. The Hall–Kier alpha value is -4.73. The molecule has 1 aliphatic carbocycles. The van der Waals surface area contributed by atoms with E-state index in [-0.39, 0.29) is 39.5 Å². The number of ether oxygens (including phenoxy) is 1. The summed E-state index contributed by atoms with van der Waals surface area (Å²) in [4.78, 5) is 43.5. The second-order valence-corrected chi connectivity index (χ2v) is 9.44. The van der Waals surface area contributed by atoms with E-state index in [1.54, 1.807) is 6.92 Å². The molecule has 194 valence electrons. The minimum atomic E-state index is -1.56. The van der Waals surface area contributed by atoms with E-state index in [4.69, 9.17) is 9.26 Å². The molecule has 5 rings (SSSR count). The number of aromatic nitrogens is 2. The van der Waals surface area contributed by atoms with Gasteiger partial charge in [0.25, 0.3) is 0 Å². The van der Waals surface area contributed by atoms with E-state index in [0.717, 1.165) is 5.56 Å². The van der Waals surface area contributed by atoms with Crippen molar-refractivity contribution < 1.29 is 33.9 Å². The summed E-state index contributed by atoms with van der Waals surface area (Å²) in [6.07, 6.45) is 1.53. The van der Waals surface area contributed by atoms with Crippen molar-refractivity contribution in [2.24, 2.45) is 0 Å². The van der Waals surface area contributed by atoms with Gasteiger partial charge in [-0.15, -0.1) is 0 Å². The predicted octanol–water partition coefficient (Wildman–Crippen LogP) is 3.45. The van der Waals surface area contributed by atoms with Crippen molar-refractivity contribution in [3.05, 3.63) is 76.0 Å². The summed E-state index contributed by atoms with van der Waals surface area (Å²) in [7, 11) is 0. The molecule has 0 amide bonds. The standard InChI is InChI=1S/C28H25N3O7/c1-13-23(34)21(15(3)32)25-22(24(13)35)28(4)18(37-25)12-17(33)20(26(28)36)14(2)29-11-10-19-30-27(31-38-19)16-8-6-5-7-9-16/h5-9,12,29,34-35H,10-11H2,1-4H3. The zero-order chi connectivity index (χ0) is 27.4. The number of allylic oxidation sites excluding steroid dienone is 4. The zero-order valence-corrected chi connectivity index (χ0v) is 21.2. The number of carbonyl (C=O) groups is 3. The lowest BCUT2D eigenvalue weighted by Gasteiger charge is -2.29. The van der Waals surface area contributed by atoms with Gasteiger partial charge in [-0.3, -0.25) is 14.4 Å². The van der Waals surface area contributed by atoms with E-state index < -0.39 is 28.5 Å². The molecule has 1 aliphatic heterocycles. The average Bonchev–Trinajstić information content (AvgIpc) is 3.46. The Labute approximate surface area is 217 Å². The first-order valence-electron chi connectivity index (χ1n) is 12.0. The predicted molar refractivity (Wildman–Crippen MR) is 135 cm³/mol. The topological polar surface area (TPSA) is 152 Å². The summed E-state index contributed by atoms with van der Waals surface area (Å²) in [5.41, 5.74) is -0.576. The van der Waals surface area contributed by atoms with Crippen LogP contribution >= 0.6 is 0 Å². The van der Waals surface area contributed by atoms with Crippen LogP contribution in [0.1, 0.15) is 48.1 Å². The van der Waals surface area contributed by atoms with E-state index in [1.165, 1.54) is 26.8 Å². The molecular weight excluding hydrogens is 490 g/mol. The van der Waals surface area contributed by atoms with Gasteiger partial charge in [0.1, 0.15) is 34.0 Å². The monoisotopic (exact) mass is 515 g/mol. The molecule has 10 nitrogen and oxygen atoms in total. The number of aromatic hydroxyl groups is 2. The number of nitrogens with one attached hydrogen (secondary N) is 1. The molecule has 0 radical (unpaired) electrons. The lowest BCUT2D eigenvalue weighted by Crippen LogP contribution is -2.41. The first-order valence-corrected chi connectivity index (χ1v) is 12.0. The Morgan fingerprint density at radius 1 is 1.11 bits per heavy atom. The quantitative estimate of drug-likeness (QED) is 0.253. The van der Waals surface area contributed by atoms with Gasteiger partial charge < -0.3 is 24.8 Å². The molecule has 0 bridgehead atoms. The van der Waals surface area contributed by atoms with Gasteiger partial charge in [0.15, 0.2) is 17.3 Å². The summed E-state index contributed by atoms with van der Waals surface area (Å²) in [5.74, 6) is -1.76. The fourth-order valence-corrected chi connectivity index (χ4v) is 4.87. The minimum absolute atomic E-state index is 0.0128. The zero-order valence-electron chi connectivity index (χ0n) is 21.2. The number of nitrogens with zero attached hydrogens (tertiary/aromatic N) is 2. The average molecular weight is 516 g/mol. The van der Waals surface area contributed by atoms with Crippen molar-refractivity contribution >= 4 is 17.3 Å². The molecule has 3 N–H and O–H groups in total. The van der Waals surface area contributed by atoms with Crippen LogP contribution in [-0.4, -0.2) is 44.2 Å². The fraction of sp³-hybridized carbons (Fsp3) is 0.250. The summed E-state index contributed by atoms with van der Waals surface area (Å²) in [5, 5.41) is 28.4. The van der Waals surface area contributed by atoms with Gasteiger partial charge in [0, 0.05) is 35.9 Å². The van der Waals surface area contributed by atoms with Gasteiger partial charge in [-0.05, 0) is 27.7 Å². The maximum Gasteiger partial charge on any atom is 0.228 e. The van der Waals surface area contributed by atoms with Crippen LogP contribution in [0, 0.1) is 6.92 Å². The van der Waals surface area contributed by atoms with Gasteiger partial charge in [-0.1, -0.05) is 35.5 Å². The number of carbonyl (C=O) groups excluding carboxylic acids is 3. The summed E-state index contributed by atoms with van der Waals surface area (Å²) < 4.78 is 11.1. The largest absolute Gasteiger partial charge is 0.507 e. The summed E-state index contributed by atoms with van der Waals surface area (Å²) in [6.45, 7) is 6.11. The smallest absolute Gasteiger partial charge is 0.228 e. The van der Waals surface area contributed by atoms with Crippen LogP contribution in [-0.2, 0) is 21.4 Å². The van der Waals surface area contributed by atoms with Crippen LogP contribution in [0.15, 0.2) is 58.0 Å². The molecule has 0 fully saturated rings. The van der Waals surface area contributed by atoms with Crippen molar-refractivity contribution in [3.63, 3.8) is 0 Å². The molecule has 2 aliphatic rings. The Kier molecular flexibility index (Phi) is 5.90. The van der Waals surface area contributed by atoms with Crippen LogP contribution in [0.4, 0.5) is 0 Å². The Morgan fingerprint density at radius 3 is 2.50 bits per heavy atom. The number of phenols is 2. The van der Waals surface area contributed by atoms with Crippen molar-refractivity contribution in [1.82, 2.24) is 15.5 Å². The molecular formula is C28H25N3O7. The number of hydrogen-bond acceptors (Lipinski definition) is 10. The summed E-state index contributed by atoms with van der Waals surface area (Å²) in [6, 6.07) is 9.38. The van der Waals surface area contributed by atoms with E-state index in [2.05, 4.69) is 15.5 Å². The van der Waals surface area contributed by atoms with Crippen molar-refractivity contribution in [1.29, 1.82) is 0 Å². The molecule has 3 aromatic rings. The van der Waals surface area contributed by atoms with Gasteiger partial charge in [0.2, 0.25) is 11.7 Å². The van der Waals surface area contributed by atoms with E-state index >= 15 is 0 Å². The molecule has 1 unspecified atom stereocenters. The first-order chi connectivity index (χ1) is 18.1. The van der Waals surface area contributed by atoms with Crippen molar-refractivity contribution in [2.45, 2.75) is 39.5 Å². The second kappa shape index (κ2) is 8.98. The van der Waals surface area contributed by atoms with Gasteiger partial charge in [-0.2, -0.15) is 4.98 Å². The molecule has 0 saturated carbocycles. The maximum atomic E-state index is 13.8. The van der Waals surface area contributed by atoms with E-state index in [0.29, 0.717) is 30.4 Å². The third-order valence-electron chi connectivity index (χ3n) is 6.99. The SMILES string of the molecule is CC(=O)c1c(O)c(C)c(O)c2c1OC1=CC(=O)C(=C(C)NCCc3nc(-c4ccccc4)no3)C(=O)C12C. The Bertz CT molecular complexity index is 1580. The van der Waals surface area contributed by atoms with Crippen molar-refractivity contribution in [2.75, 3.05) is 6.54 Å². The first kappa shape index (κ1) is 24.9. The normalized spacial score (nSPS) is 19.4. The number of benzene rings is 2. The van der Waals surface area contributed by atoms with Gasteiger partial charge in [-0.25, -0.2) is 0 Å². The number of fused-ring (bicyclic) bond motifs is 3. The van der Waals surface area contributed by atoms with Gasteiger partial charge in [0.05, 0.1) is 11.1 Å². The van der Waals surface area contributed by atoms with E-state index in [9.17, 15) is 24.6 Å². The van der Waals surface area contributed by atoms with Crippen LogP contribution in [0.25, 0.3) is 11.4 Å². The van der Waals surface area contributed by atoms with E-state index in [1.807, 2.05) is 30.3 Å². The van der Waals surface area contributed by atoms with Crippen LogP contribution in [0.3, 0.4) is 0 Å². The molecule has 0 saturated heterocycles. The molecule has 10 heteroatoms. The van der Waals surface area contributed by atoms with Crippen LogP contribution in [0.2, 0.25) is 0 Å². The highest BCUT2D eigenvalue weighted by atomic mass is 16.5. The molecule has 2 aromatic carbocycles. The lowest BCUT2D eigenvalue weighted by atomic mass is 9.70. The van der Waals surface area contributed by atoms with Crippen LogP contribution in [0.5, 0.6) is 17.2 Å².